The SMILES string of the molecule is Cn1cc(/C=C/c2nn(C3CCCCO3)c3ccc(Br)cc23)cn1. The molecule has 3 aromatic rings. The van der Waals surface area contributed by atoms with Gasteiger partial charge in [0, 0.05) is 35.3 Å². The molecule has 0 N–H and O–H groups in total. The normalized spacial score (nSPS) is 18.7. The van der Waals surface area contributed by atoms with Crippen LogP contribution in [0.2, 0.25) is 0 Å². The van der Waals surface area contributed by atoms with Gasteiger partial charge in [-0.05, 0) is 49.6 Å². The molecule has 0 amide bonds. The lowest BCUT2D eigenvalue weighted by Crippen LogP contribution is -2.19. The number of halogens is 1. The second kappa shape index (κ2) is 6.53. The zero-order valence-corrected chi connectivity index (χ0v) is 15.1. The fourth-order valence-corrected chi connectivity index (χ4v) is 3.46. The van der Waals surface area contributed by atoms with Crippen LogP contribution < -0.4 is 0 Å². The number of aromatic nitrogens is 4. The van der Waals surface area contributed by atoms with Gasteiger partial charge in [-0.1, -0.05) is 15.9 Å². The highest BCUT2D eigenvalue weighted by molar-refractivity contribution is 9.10. The van der Waals surface area contributed by atoms with Crippen LogP contribution in [-0.2, 0) is 11.8 Å². The molecule has 1 saturated heterocycles. The molecule has 0 spiro atoms. The van der Waals surface area contributed by atoms with Gasteiger partial charge in [-0.15, -0.1) is 0 Å². The van der Waals surface area contributed by atoms with Crippen LogP contribution in [0.1, 0.15) is 36.7 Å². The van der Waals surface area contributed by atoms with Crippen LogP contribution in [0.4, 0.5) is 0 Å². The van der Waals surface area contributed by atoms with Crippen molar-refractivity contribution in [1.82, 2.24) is 19.6 Å². The lowest BCUT2D eigenvalue weighted by Gasteiger charge is -2.23. The zero-order valence-electron chi connectivity index (χ0n) is 13.5. The second-order valence-electron chi connectivity index (χ2n) is 6.09. The van der Waals surface area contributed by atoms with Crippen molar-refractivity contribution in [2.75, 3.05) is 6.61 Å². The summed E-state index contributed by atoms with van der Waals surface area (Å²) in [7, 11) is 1.92. The fraction of sp³-hybridized carbons (Fsp3) is 0.333. The third-order valence-corrected chi connectivity index (χ3v) is 4.78. The fourth-order valence-electron chi connectivity index (χ4n) is 3.10. The van der Waals surface area contributed by atoms with Crippen molar-refractivity contribution in [1.29, 1.82) is 0 Å². The molecule has 0 radical (unpaired) electrons. The number of aryl methyl sites for hydroxylation is 1. The van der Waals surface area contributed by atoms with Crippen LogP contribution in [0.25, 0.3) is 23.1 Å². The maximum atomic E-state index is 5.93. The summed E-state index contributed by atoms with van der Waals surface area (Å²) < 4.78 is 10.8. The van der Waals surface area contributed by atoms with Crippen molar-refractivity contribution in [2.45, 2.75) is 25.5 Å². The third kappa shape index (κ3) is 3.03. The van der Waals surface area contributed by atoms with Crippen molar-refractivity contribution < 1.29 is 4.74 Å². The number of fused-ring (bicyclic) bond motifs is 1. The Morgan fingerprint density at radius 3 is 2.96 bits per heavy atom. The van der Waals surface area contributed by atoms with Crippen molar-refractivity contribution in [3.05, 3.63) is 46.3 Å². The van der Waals surface area contributed by atoms with Gasteiger partial charge < -0.3 is 4.74 Å². The minimum Gasteiger partial charge on any atom is -0.356 e. The van der Waals surface area contributed by atoms with Crippen molar-refractivity contribution in [3.8, 4) is 0 Å². The maximum Gasteiger partial charge on any atom is 0.150 e. The minimum atomic E-state index is 0.0305. The van der Waals surface area contributed by atoms with E-state index in [1.54, 1.807) is 4.68 Å². The van der Waals surface area contributed by atoms with Gasteiger partial charge in [0.05, 0.1) is 17.4 Å². The Hall–Kier alpha value is -1.92. The van der Waals surface area contributed by atoms with Crippen molar-refractivity contribution in [3.63, 3.8) is 0 Å². The molecule has 1 atom stereocenters. The van der Waals surface area contributed by atoms with Gasteiger partial charge in [-0.3, -0.25) is 4.68 Å². The van der Waals surface area contributed by atoms with Crippen LogP contribution in [0.5, 0.6) is 0 Å². The molecular weight excluding hydrogens is 368 g/mol. The van der Waals surface area contributed by atoms with Crippen LogP contribution >= 0.6 is 15.9 Å². The Labute approximate surface area is 149 Å². The van der Waals surface area contributed by atoms with Gasteiger partial charge in [0.1, 0.15) is 0 Å². The molecule has 1 aliphatic rings. The van der Waals surface area contributed by atoms with Crippen molar-refractivity contribution >= 4 is 39.0 Å². The number of nitrogens with zero attached hydrogens (tertiary/aromatic N) is 4. The highest BCUT2D eigenvalue weighted by Crippen LogP contribution is 2.30. The molecule has 1 aromatic carbocycles. The Morgan fingerprint density at radius 2 is 2.21 bits per heavy atom. The van der Waals surface area contributed by atoms with E-state index < -0.39 is 0 Å². The van der Waals surface area contributed by atoms with Crippen LogP contribution in [0.15, 0.2) is 35.1 Å². The quantitative estimate of drug-likeness (QED) is 0.669. The monoisotopic (exact) mass is 386 g/mol. The lowest BCUT2D eigenvalue weighted by molar-refractivity contribution is -0.0367. The molecule has 6 heteroatoms. The third-order valence-electron chi connectivity index (χ3n) is 4.28. The number of rotatable bonds is 3. The summed E-state index contributed by atoms with van der Waals surface area (Å²) in [5, 5.41) is 10.2. The summed E-state index contributed by atoms with van der Waals surface area (Å²) in [6.45, 7) is 0.809. The first kappa shape index (κ1) is 15.6. The molecule has 4 rings (SSSR count). The van der Waals surface area contributed by atoms with Crippen LogP contribution in [-0.4, -0.2) is 26.2 Å². The van der Waals surface area contributed by atoms with E-state index in [2.05, 4.69) is 39.2 Å². The molecule has 0 aliphatic carbocycles. The molecule has 1 fully saturated rings. The second-order valence-corrected chi connectivity index (χ2v) is 7.01. The molecule has 0 bridgehead atoms. The summed E-state index contributed by atoms with van der Waals surface area (Å²) in [4.78, 5) is 0. The van der Waals surface area contributed by atoms with E-state index in [0.29, 0.717) is 0 Å². The Bertz CT molecular complexity index is 890. The summed E-state index contributed by atoms with van der Waals surface area (Å²) in [5.41, 5.74) is 3.12. The van der Waals surface area contributed by atoms with Gasteiger partial charge in [0.25, 0.3) is 0 Å². The molecule has 1 unspecified atom stereocenters. The smallest absolute Gasteiger partial charge is 0.150 e. The highest BCUT2D eigenvalue weighted by atomic mass is 79.9. The Balaban J connectivity index is 1.76. The molecule has 0 saturated carbocycles. The summed E-state index contributed by atoms with van der Waals surface area (Å²) in [6.07, 6.45) is 11.3. The number of hydrogen-bond acceptors (Lipinski definition) is 3. The number of benzene rings is 1. The molecule has 24 heavy (non-hydrogen) atoms. The van der Waals surface area contributed by atoms with E-state index in [1.807, 2.05) is 36.3 Å². The highest BCUT2D eigenvalue weighted by Gasteiger charge is 2.20. The predicted molar refractivity (Wildman–Crippen MR) is 98.4 cm³/mol. The maximum absolute atomic E-state index is 5.93. The first-order valence-corrected chi connectivity index (χ1v) is 8.96. The Kier molecular flexibility index (Phi) is 4.24. The first-order chi connectivity index (χ1) is 11.7. The van der Waals surface area contributed by atoms with E-state index in [0.717, 1.165) is 46.1 Å². The van der Waals surface area contributed by atoms with E-state index in [-0.39, 0.29) is 6.23 Å². The lowest BCUT2D eigenvalue weighted by atomic mass is 10.1. The van der Waals surface area contributed by atoms with E-state index in [1.165, 1.54) is 6.42 Å². The predicted octanol–water partition coefficient (Wildman–Crippen LogP) is 4.40. The standard InChI is InChI=1S/C18H19BrN4O/c1-22-12-13(11-20-22)5-7-16-15-10-14(19)6-8-17(15)23(21-16)18-4-2-3-9-24-18/h5-8,10-12,18H,2-4,9H2,1H3/b7-5+. The molecular formula is C18H19BrN4O. The molecule has 3 heterocycles. The topological polar surface area (TPSA) is 44.9 Å². The van der Waals surface area contributed by atoms with Gasteiger partial charge in [0.15, 0.2) is 6.23 Å². The van der Waals surface area contributed by atoms with Gasteiger partial charge in [-0.25, -0.2) is 4.68 Å². The number of hydrogen-bond donors (Lipinski definition) is 0. The molecule has 124 valence electrons. The minimum absolute atomic E-state index is 0.0305. The average molecular weight is 387 g/mol. The van der Waals surface area contributed by atoms with Crippen molar-refractivity contribution in [2.24, 2.45) is 7.05 Å². The van der Waals surface area contributed by atoms with Crippen LogP contribution in [0, 0.1) is 0 Å². The summed E-state index contributed by atoms with van der Waals surface area (Å²) in [5.74, 6) is 0. The molecule has 5 nitrogen and oxygen atoms in total. The molecule has 2 aromatic heterocycles. The van der Waals surface area contributed by atoms with E-state index in [4.69, 9.17) is 9.84 Å². The van der Waals surface area contributed by atoms with Gasteiger partial charge >= 0.3 is 0 Å². The number of ether oxygens (including phenoxy) is 1. The molecule has 1 aliphatic heterocycles. The van der Waals surface area contributed by atoms with E-state index >= 15 is 0 Å². The van der Waals surface area contributed by atoms with Gasteiger partial charge in [0.2, 0.25) is 0 Å². The van der Waals surface area contributed by atoms with Crippen LogP contribution in [0.3, 0.4) is 0 Å². The largest absolute Gasteiger partial charge is 0.356 e. The first-order valence-electron chi connectivity index (χ1n) is 8.17. The van der Waals surface area contributed by atoms with E-state index in [9.17, 15) is 0 Å². The van der Waals surface area contributed by atoms with Gasteiger partial charge in [-0.2, -0.15) is 10.2 Å². The zero-order chi connectivity index (χ0) is 16.5. The summed E-state index contributed by atoms with van der Waals surface area (Å²) in [6, 6.07) is 6.27. The Morgan fingerprint density at radius 1 is 1.29 bits per heavy atom. The average Bonchev–Trinajstić information content (AvgIpc) is 3.17. The summed E-state index contributed by atoms with van der Waals surface area (Å²) >= 11 is 3.57.